The molecule has 0 fully saturated rings. The standard InChI is InChI=1S/C18H17NO2S/c1-4-15-12-19(17-7-5-6-14(3)18(15)17)22(20,21)16-10-8-13(2)9-11-16/h4-12H,1H2,2-3H3. The molecule has 0 saturated heterocycles. The molecule has 0 radical (unpaired) electrons. The Morgan fingerprint density at radius 3 is 2.36 bits per heavy atom. The van der Waals surface area contributed by atoms with Crippen molar-refractivity contribution in [3.8, 4) is 0 Å². The lowest BCUT2D eigenvalue weighted by Gasteiger charge is -2.08. The minimum absolute atomic E-state index is 0.284. The Balaban J connectivity index is 2.32. The summed E-state index contributed by atoms with van der Waals surface area (Å²) in [6, 6.07) is 12.5. The van der Waals surface area contributed by atoms with Crippen molar-refractivity contribution in [2.45, 2.75) is 18.7 Å². The highest BCUT2D eigenvalue weighted by atomic mass is 32.2. The highest BCUT2D eigenvalue weighted by Gasteiger charge is 2.21. The summed E-state index contributed by atoms with van der Waals surface area (Å²) in [6.07, 6.45) is 3.33. The lowest BCUT2D eigenvalue weighted by molar-refractivity contribution is 0.589. The molecular weight excluding hydrogens is 294 g/mol. The SMILES string of the molecule is C=Cc1cn(S(=O)(=O)c2ccc(C)cc2)c2cccc(C)c12. The van der Waals surface area contributed by atoms with E-state index in [-0.39, 0.29) is 4.90 Å². The van der Waals surface area contributed by atoms with Crippen molar-refractivity contribution in [1.29, 1.82) is 0 Å². The Hall–Kier alpha value is -2.33. The van der Waals surface area contributed by atoms with Crippen LogP contribution in [0.15, 0.2) is 60.1 Å². The molecule has 2 aromatic carbocycles. The number of rotatable bonds is 3. The maximum absolute atomic E-state index is 12.9. The number of aromatic nitrogens is 1. The molecule has 3 aromatic rings. The number of fused-ring (bicyclic) bond motifs is 1. The molecule has 0 saturated carbocycles. The summed E-state index contributed by atoms with van der Waals surface area (Å²) in [6.45, 7) is 7.70. The molecule has 0 amide bonds. The average molecular weight is 311 g/mol. The van der Waals surface area contributed by atoms with Crippen molar-refractivity contribution >= 4 is 27.0 Å². The first-order chi connectivity index (χ1) is 10.4. The highest BCUT2D eigenvalue weighted by molar-refractivity contribution is 7.90. The fourth-order valence-corrected chi connectivity index (χ4v) is 4.02. The Morgan fingerprint density at radius 1 is 1.05 bits per heavy atom. The van der Waals surface area contributed by atoms with Crippen molar-refractivity contribution in [2.75, 3.05) is 0 Å². The van der Waals surface area contributed by atoms with Crippen LogP contribution in [0.25, 0.3) is 17.0 Å². The number of nitrogens with zero attached hydrogens (tertiary/aromatic N) is 1. The van der Waals surface area contributed by atoms with Crippen molar-refractivity contribution in [1.82, 2.24) is 3.97 Å². The molecule has 3 nitrogen and oxygen atoms in total. The van der Waals surface area contributed by atoms with Gasteiger partial charge in [-0.1, -0.05) is 42.5 Å². The summed E-state index contributed by atoms with van der Waals surface area (Å²) in [7, 11) is -3.62. The summed E-state index contributed by atoms with van der Waals surface area (Å²) >= 11 is 0. The van der Waals surface area contributed by atoms with Gasteiger partial charge in [0, 0.05) is 17.1 Å². The van der Waals surface area contributed by atoms with Gasteiger partial charge in [-0.05, 0) is 37.6 Å². The number of hydrogen-bond acceptors (Lipinski definition) is 2. The smallest absolute Gasteiger partial charge is 0.241 e. The first kappa shape index (κ1) is 14.6. The number of hydrogen-bond donors (Lipinski definition) is 0. The molecular formula is C18H17NO2S. The molecule has 22 heavy (non-hydrogen) atoms. The molecule has 0 aliphatic rings. The molecule has 0 unspecified atom stereocenters. The summed E-state index contributed by atoms with van der Waals surface area (Å²) in [5.41, 5.74) is 3.56. The van der Waals surface area contributed by atoms with E-state index in [1.54, 1.807) is 36.5 Å². The molecule has 3 rings (SSSR count). The van der Waals surface area contributed by atoms with E-state index in [1.165, 1.54) is 3.97 Å². The molecule has 0 aliphatic heterocycles. The molecule has 112 valence electrons. The quantitative estimate of drug-likeness (QED) is 0.729. The third kappa shape index (κ3) is 2.16. The van der Waals surface area contributed by atoms with Crippen LogP contribution >= 0.6 is 0 Å². The largest absolute Gasteiger partial charge is 0.268 e. The van der Waals surface area contributed by atoms with Crippen molar-refractivity contribution in [2.24, 2.45) is 0 Å². The van der Waals surface area contributed by atoms with Crippen LogP contribution in [0.5, 0.6) is 0 Å². The molecule has 0 N–H and O–H groups in total. The minimum atomic E-state index is -3.62. The molecule has 0 bridgehead atoms. The van der Waals surface area contributed by atoms with Crippen molar-refractivity contribution in [3.05, 3.63) is 71.9 Å². The van der Waals surface area contributed by atoms with E-state index in [4.69, 9.17) is 0 Å². The second-order valence-electron chi connectivity index (χ2n) is 5.37. The predicted octanol–water partition coefficient (Wildman–Crippen LogP) is 4.14. The number of benzene rings is 2. The molecule has 0 aliphatic carbocycles. The second-order valence-corrected chi connectivity index (χ2v) is 7.19. The van der Waals surface area contributed by atoms with Gasteiger partial charge in [-0.3, -0.25) is 0 Å². The Labute approximate surface area is 130 Å². The minimum Gasteiger partial charge on any atom is -0.241 e. The Bertz CT molecular complexity index is 964. The van der Waals surface area contributed by atoms with Crippen LogP contribution in [-0.4, -0.2) is 12.4 Å². The summed E-state index contributed by atoms with van der Waals surface area (Å²) in [5, 5.41) is 0.924. The van der Waals surface area contributed by atoms with Crippen molar-refractivity contribution in [3.63, 3.8) is 0 Å². The van der Waals surface area contributed by atoms with Gasteiger partial charge in [0.1, 0.15) is 0 Å². The fraction of sp³-hybridized carbons (Fsp3) is 0.111. The van der Waals surface area contributed by atoms with E-state index in [0.29, 0.717) is 5.52 Å². The first-order valence-electron chi connectivity index (χ1n) is 7.00. The topological polar surface area (TPSA) is 39.1 Å². The fourth-order valence-electron chi connectivity index (χ4n) is 2.65. The average Bonchev–Trinajstić information content (AvgIpc) is 2.88. The number of aryl methyl sites for hydroxylation is 2. The van der Waals surface area contributed by atoms with Gasteiger partial charge in [0.25, 0.3) is 10.0 Å². The van der Waals surface area contributed by atoms with Crippen LogP contribution in [0, 0.1) is 13.8 Å². The van der Waals surface area contributed by atoms with Crippen LogP contribution in [0.4, 0.5) is 0 Å². The van der Waals surface area contributed by atoms with E-state index in [0.717, 1.165) is 22.1 Å². The van der Waals surface area contributed by atoms with Crippen LogP contribution in [0.3, 0.4) is 0 Å². The van der Waals surface area contributed by atoms with Crippen LogP contribution in [-0.2, 0) is 10.0 Å². The summed E-state index contributed by atoms with van der Waals surface area (Å²) in [5.74, 6) is 0. The van der Waals surface area contributed by atoms with Crippen LogP contribution in [0.2, 0.25) is 0 Å². The third-order valence-corrected chi connectivity index (χ3v) is 5.52. The van der Waals surface area contributed by atoms with Gasteiger partial charge in [0.05, 0.1) is 10.4 Å². The maximum atomic E-state index is 12.9. The molecule has 1 aromatic heterocycles. The summed E-state index contributed by atoms with van der Waals surface area (Å²) < 4.78 is 27.2. The van der Waals surface area contributed by atoms with Gasteiger partial charge in [-0.25, -0.2) is 12.4 Å². The lowest BCUT2D eigenvalue weighted by Crippen LogP contribution is -2.11. The zero-order valence-corrected chi connectivity index (χ0v) is 13.4. The predicted molar refractivity (Wildman–Crippen MR) is 90.5 cm³/mol. The zero-order chi connectivity index (χ0) is 15.9. The normalized spacial score (nSPS) is 11.7. The van der Waals surface area contributed by atoms with Gasteiger partial charge in [-0.2, -0.15) is 0 Å². The van der Waals surface area contributed by atoms with Gasteiger partial charge in [0.15, 0.2) is 0 Å². The van der Waals surface area contributed by atoms with E-state index in [9.17, 15) is 8.42 Å². The second kappa shape index (κ2) is 5.14. The Morgan fingerprint density at radius 2 is 1.73 bits per heavy atom. The van der Waals surface area contributed by atoms with Gasteiger partial charge in [0.2, 0.25) is 0 Å². The molecule has 1 heterocycles. The molecule has 4 heteroatoms. The van der Waals surface area contributed by atoms with E-state index in [2.05, 4.69) is 6.58 Å². The first-order valence-corrected chi connectivity index (χ1v) is 8.44. The van der Waals surface area contributed by atoms with Gasteiger partial charge < -0.3 is 0 Å². The van der Waals surface area contributed by atoms with E-state index in [1.807, 2.05) is 32.0 Å². The Kier molecular flexibility index (Phi) is 3.41. The highest BCUT2D eigenvalue weighted by Crippen LogP contribution is 2.29. The van der Waals surface area contributed by atoms with E-state index < -0.39 is 10.0 Å². The lowest BCUT2D eigenvalue weighted by atomic mass is 10.1. The van der Waals surface area contributed by atoms with Crippen LogP contribution < -0.4 is 0 Å². The molecule has 0 atom stereocenters. The maximum Gasteiger partial charge on any atom is 0.268 e. The summed E-state index contributed by atoms with van der Waals surface area (Å²) in [4.78, 5) is 0.284. The zero-order valence-electron chi connectivity index (χ0n) is 12.6. The van der Waals surface area contributed by atoms with E-state index >= 15 is 0 Å². The molecule has 0 spiro atoms. The third-order valence-electron chi connectivity index (χ3n) is 3.83. The van der Waals surface area contributed by atoms with Crippen LogP contribution in [0.1, 0.15) is 16.7 Å². The van der Waals surface area contributed by atoms with Gasteiger partial charge in [-0.15, -0.1) is 0 Å². The van der Waals surface area contributed by atoms with Gasteiger partial charge >= 0.3 is 0 Å². The monoisotopic (exact) mass is 311 g/mol. The van der Waals surface area contributed by atoms with Crippen molar-refractivity contribution < 1.29 is 8.42 Å².